The number of thiophene rings is 1. The van der Waals surface area contributed by atoms with Crippen LogP contribution >= 0.6 is 11.3 Å². The maximum absolute atomic E-state index is 5.29. The molecule has 11 rings (SSSR count). The molecule has 0 fully saturated rings. The van der Waals surface area contributed by atoms with E-state index in [0.29, 0.717) is 0 Å². The number of benzene rings is 6. The first kappa shape index (κ1) is 23.6. The molecule has 208 valence electrons. The molecule has 6 aromatic carbocycles. The van der Waals surface area contributed by atoms with Gasteiger partial charge in [-0.15, -0.1) is 11.3 Å². The third-order valence-electron chi connectivity index (χ3n) is 9.51. The highest BCUT2D eigenvalue weighted by atomic mass is 32.1. The molecule has 0 bridgehead atoms. The molecule has 45 heavy (non-hydrogen) atoms. The van der Waals surface area contributed by atoms with Crippen molar-refractivity contribution in [2.24, 2.45) is 0 Å². The number of hydrogen-bond donors (Lipinski definition) is 0. The van der Waals surface area contributed by atoms with E-state index in [1.807, 2.05) is 11.3 Å². The topological polar surface area (TPSA) is 35.1 Å². The lowest BCUT2D eigenvalue weighted by atomic mass is 10.1. The van der Waals surface area contributed by atoms with Crippen molar-refractivity contribution in [3.8, 4) is 5.69 Å². The van der Waals surface area contributed by atoms with Gasteiger partial charge in [-0.25, -0.2) is 4.98 Å². The van der Waals surface area contributed by atoms with Gasteiger partial charge >= 0.3 is 0 Å². The number of pyridine rings is 2. The Kier molecular flexibility index (Phi) is 4.43. The SMILES string of the molecule is c1ccc2c(c1)sc1c2cnc2c1ccc1c3ccccc3n(-c3ccc4c(c3)nc3c5ccccc5c5ccccc5n43)c12. The Labute approximate surface area is 260 Å². The normalized spacial score (nSPS) is 12.4. The zero-order chi connectivity index (χ0) is 29.2. The molecule has 0 aliphatic carbocycles. The molecule has 0 N–H and O–H groups in total. The summed E-state index contributed by atoms with van der Waals surface area (Å²) in [5, 5.41) is 9.73. The molecule has 11 aromatic rings. The van der Waals surface area contributed by atoms with Crippen LogP contribution in [0.4, 0.5) is 0 Å². The van der Waals surface area contributed by atoms with Gasteiger partial charge in [-0.3, -0.25) is 9.38 Å². The van der Waals surface area contributed by atoms with E-state index >= 15 is 0 Å². The summed E-state index contributed by atoms with van der Waals surface area (Å²) < 4.78 is 7.28. The summed E-state index contributed by atoms with van der Waals surface area (Å²) in [5.41, 5.74) is 8.63. The van der Waals surface area contributed by atoms with E-state index < -0.39 is 0 Å². The number of para-hydroxylation sites is 2. The Morgan fingerprint density at radius 1 is 0.511 bits per heavy atom. The van der Waals surface area contributed by atoms with Crippen LogP contribution < -0.4 is 0 Å². The van der Waals surface area contributed by atoms with Gasteiger partial charge in [0.2, 0.25) is 0 Å². The largest absolute Gasteiger partial charge is 0.307 e. The van der Waals surface area contributed by atoms with Gasteiger partial charge in [0.15, 0.2) is 0 Å². The van der Waals surface area contributed by atoms with Crippen molar-refractivity contribution < 1.29 is 0 Å². The van der Waals surface area contributed by atoms with E-state index in [1.165, 1.54) is 52.6 Å². The molecule has 0 unspecified atom stereocenters. The Morgan fingerprint density at radius 2 is 1.20 bits per heavy atom. The van der Waals surface area contributed by atoms with E-state index in [0.717, 1.165) is 44.3 Å². The lowest BCUT2D eigenvalue weighted by Crippen LogP contribution is -1.96. The average Bonchev–Trinajstić information content (AvgIpc) is 3.78. The van der Waals surface area contributed by atoms with Crippen molar-refractivity contribution in [2.75, 3.05) is 0 Å². The molecular formula is C40H22N4S. The molecule has 5 heterocycles. The highest BCUT2D eigenvalue weighted by Crippen LogP contribution is 2.42. The number of aromatic nitrogens is 4. The van der Waals surface area contributed by atoms with Gasteiger partial charge in [0.25, 0.3) is 0 Å². The standard InChI is InChI=1S/C40H22N4S/c1-2-13-29-24(9-1)25-10-3-7-15-34(25)44-35-20-17-23(21-32(35)42-40(29)44)43-33-14-6-4-11-26(33)28-18-19-30-37(38(28)43)41-22-31-27-12-5-8-16-36(27)45-39(30)31/h1-22H. The summed E-state index contributed by atoms with van der Waals surface area (Å²) in [7, 11) is 0. The quantitative estimate of drug-likeness (QED) is 0.178. The molecule has 0 saturated carbocycles. The minimum atomic E-state index is 0.972. The summed E-state index contributed by atoms with van der Waals surface area (Å²) in [6.45, 7) is 0. The van der Waals surface area contributed by atoms with Gasteiger partial charge in [-0.1, -0.05) is 91.0 Å². The summed E-state index contributed by atoms with van der Waals surface area (Å²) in [5.74, 6) is 0. The van der Waals surface area contributed by atoms with Crippen LogP contribution in [0.5, 0.6) is 0 Å². The summed E-state index contributed by atoms with van der Waals surface area (Å²) in [6, 6.07) is 45.8. The summed E-state index contributed by atoms with van der Waals surface area (Å²) in [6.07, 6.45) is 2.07. The number of imidazole rings is 1. The van der Waals surface area contributed by atoms with Crippen LogP contribution in [0.1, 0.15) is 0 Å². The van der Waals surface area contributed by atoms with Crippen molar-refractivity contribution >= 4 is 103 Å². The first-order valence-corrected chi connectivity index (χ1v) is 16.0. The van der Waals surface area contributed by atoms with Crippen molar-refractivity contribution in [2.45, 2.75) is 0 Å². The van der Waals surface area contributed by atoms with E-state index in [1.54, 1.807) is 0 Å². The fourth-order valence-electron chi connectivity index (χ4n) is 7.59. The Hall–Kier alpha value is -5.78. The molecule has 0 spiro atoms. The molecule has 0 radical (unpaired) electrons. The summed E-state index contributed by atoms with van der Waals surface area (Å²) in [4.78, 5) is 10.5. The average molecular weight is 591 g/mol. The first-order valence-electron chi connectivity index (χ1n) is 15.2. The Balaban J connectivity index is 1.27. The van der Waals surface area contributed by atoms with Gasteiger partial charge in [0.05, 0.1) is 33.1 Å². The number of rotatable bonds is 1. The fraction of sp³-hybridized carbons (Fsp3) is 0. The molecule has 4 nitrogen and oxygen atoms in total. The minimum absolute atomic E-state index is 0.972. The van der Waals surface area contributed by atoms with Gasteiger partial charge in [-0.05, 0) is 41.8 Å². The highest BCUT2D eigenvalue weighted by molar-refractivity contribution is 7.26. The predicted molar refractivity (Wildman–Crippen MR) is 190 cm³/mol. The fourth-order valence-corrected chi connectivity index (χ4v) is 8.79. The monoisotopic (exact) mass is 590 g/mol. The van der Waals surface area contributed by atoms with Crippen molar-refractivity contribution in [3.63, 3.8) is 0 Å². The van der Waals surface area contributed by atoms with Gasteiger partial charge in [0.1, 0.15) is 5.65 Å². The minimum Gasteiger partial charge on any atom is -0.307 e. The van der Waals surface area contributed by atoms with Crippen molar-refractivity contribution in [3.05, 3.63) is 134 Å². The maximum Gasteiger partial charge on any atom is 0.146 e. The third-order valence-corrected chi connectivity index (χ3v) is 10.7. The van der Waals surface area contributed by atoms with E-state index in [2.05, 4.69) is 143 Å². The number of fused-ring (bicyclic) bond motifs is 17. The van der Waals surface area contributed by atoms with E-state index in [4.69, 9.17) is 9.97 Å². The van der Waals surface area contributed by atoms with Crippen LogP contribution in [0.25, 0.3) is 96.9 Å². The first-order chi connectivity index (χ1) is 22.3. The lowest BCUT2D eigenvalue weighted by Gasteiger charge is -2.10. The second kappa shape index (κ2) is 8.44. The lowest BCUT2D eigenvalue weighted by molar-refractivity contribution is 1.18. The number of nitrogens with zero attached hydrogens (tertiary/aromatic N) is 4. The Morgan fingerprint density at radius 3 is 2.07 bits per heavy atom. The third kappa shape index (κ3) is 3.00. The number of hydrogen-bond acceptors (Lipinski definition) is 3. The molecule has 0 aliphatic heterocycles. The van der Waals surface area contributed by atoms with Crippen LogP contribution in [-0.4, -0.2) is 18.9 Å². The van der Waals surface area contributed by atoms with Crippen molar-refractivity contribution in [1.82, 2.24) is 18.9 Å². The van der Waals surface area contributed by atoms with Crippen LogP contribution in [0.2, 0.25) is 0 Å². The molecular weight excluding hydrogens is 569 g/mol. The second-order valence-corrected chi connectivity index (χ2v) is 12.9. The van der Waals surface area contributed by atoms with Crippen LogP contribution in [0.15, 0.2) is 134 Å². The van der Waals surface area contributed by atoms with Gasteiger partial charge < -0.3 is 4.57 Å². The zero-order valence-corrected chi connectivity index (χ0v) is 24.7. The van der Waals surface area contributed by atoms with E-state index in [9.17, 15) is 0 Å². The zero-order valence-electron chi connectivity index (χ0n) is 23.9. The van der Waals surface area contributed by atoms with Crippen LogP contribution in [-0.2, 0) is 0 Å². The molecule has 0 atom stereocenters. The molecule has 5 heteroatoms. The molecule has 0 aliphatic rings. The van der Waals surface area contributed by atoms with Gasteiger partial charge in [-0.2, -0.15) is 0 Å². The molecule has 5 aromatic heterocycles. The highest BCUT2D eigenvalue weighted by Gasteiger charge is 2.20. The second-order valence-electron chi connectivity index (χ2n) is 11.8. The Bertz CT molecular complexity index is 3050. The molecule has 0 saturated heterocycles. The van der Waals surface area contributed by atoms with Crippen molar-refractivity contribution in [1.29, 1.82) is 0 Å². The summed E-state index contributed by atoms with van der Waals surface area (Å²) >= 11 is 1.85. The van der Waals surface area contributed by atoms with Gasteiger partial charge in [0, 0.05) is 59.0 Å². The maximum atomic E-state index is 5.29. The smallest absolute Gasteiger partial charge is 0.146 e. The van der Waals surface area contributed by atoms with Crippen LogP contribution in [0.3, 0.4) is 0 Å². The van der Waals surface area contributed by atoms with E-state index in [-0.39, 0.29) is 0 Å². The predicted octanol–water partition coefficient (Wildman–Crippen LogP) is 10.8. The van der Waals surface area contributed by atoms with Crippen LogP contribution in [0, 0.1) is 0 Å². The molecule has 0 amide bonds.